The third kappa shape index (κ3) is 1.97. The highest BCUT2D eigenvalue weighted by atomic mass is 16.7. The van der Waals surface area contributed by atoms with Gasteiger partial charge in [-0.15, -0.1) is 0 Å². The second-order valence-corrected chi connectivity index (χ2v) is 4.13. The average Bonchev–Trinajstić information content (AvgIpc) is 3.11. The molecule has 2 fully saturated rings. The SMILES string of the molecule is O[C@@H]1CO[C@H](OCc2ccccc2)[C@@H]2O[C@@H]21. The van der Waals surface area contributed by atoms with E-state index in [0.29, 0.717) is 13.2 Å². The molecule has 2 aliphatic rings. The smallest absolute Gasteiger partial charge is 0.186 e. The molecule has 0 aromatic heterocycles. The van der Waals surface area contributed by atoms with Crippen molar-refractivity contribution in [3.8, 4) is 0 Å². The van der Waals surface area contributed by atoms with Gasteiger partial charge >= 0.3 is 0 Å². The van der Waals surface area contributed by atoms with E-state index in [-0.39, 0.29) is 18.5 Å². The van der Waals surface area contributed by atoms with Crippen molar-refractivity contribution in [1.29, 1.82) is 0 Å². The second-order valence-electron chi connectivity index (χ2n) is 4.13. The molecule has 0 unspecified atom stereocenters. The van der Waals surface area contributed by atoms with Crippen LogP contribution in [0.2, 0.25) is 0 Å². The Balaban J connectivity index is 1.53. The Hall–Kier alpha value is -0.940. The minimum Gasteiger partial charge on any atom is -0.388 e. The van der Waals surface area contributed by atoms with E-state index in [9.17, 15) is 5.11 Å². The van der Waals surface area contributed by atoms with Crippen LogP contribution < -0.4 is 0 Å². The number of ether oxygens (including phenoxy) is 3. The monoisotopic (exact) mass is 222 g/mol. The summed E-state index contributed by atoms with van der Waals surface area (Å²) in [4.78, 5) is 0. The van der Waals surface area contributed by atoms with Crippen molar-refractivity contribution in [2.75, 3.05) is 6.61 Å². The van der Waals surface area contributed by atoms with Crippen LogP contribution in [0.5, 0.6) is 0 Å². The molecule has 0 amide bonds. The number of aliphatic hydroxyl groups is 1. The Bertz CT molecular complexity index is 353. The maximum absolute atomic E-state index is 9.42. The van der Waals surface area contributed by atoms with Gasteiger partial charge in [-0.2, -0.15) is 0 Å². The summed E-state index contributed by atoms with van der Waals surface area (Å²) in [5.74, 6) is 0. The molecule has 3 rings (SSSR count). The van der Waals surface area contributed by atoms with Crippen LogP contribution in [0.3, 0.4) is 0 Å². The van der Waals surface area contributed by atoms with E-state index >= 15 is 0 Å². The predicted octanol–water partition coefficient (Wildman–Crippen LogP) is 0.688. The lowest BCUT2D eigenvalue weighted by atomic mass is 10.1. The van der Waals surface area contributed by atoms with Crippen LogP contribution in [0.4, 0.5) is 0 Å². The van der Waals surface area contributed by atoms with Gasteiger partial charge in [0, 0.05) is 0 Å². The first-order chi connectivity index (χ1) is 7.84. The number of hydrogen-bond donors (Lipinski definition) is 1. The van der Waals surface area contributed by atoms with Gasteiger partial charge in [0.1, 0.15) is 18.3 Å². The van der Waals surface area contributed by atoms with Crippen LogP contribution in [0.15, 0.2) is 30.3 Å². The third-order valence-corrected chi connectivity index (χ3v) is 2.90. The minimum absolute atomic E-state index is 0.0884. The molecule has 16 heavy (non-hydrogen) atoms. The van der Waals surface area contributed by atoms with Crippen molar-refractivity contribution in [2.24, 2.45) is 0 Å². The summed E-state index contributed by atoms with van der Waals surface area (Å²) < 4.78 is 16.3. The largest absolute Gasteiger partial charge is 0.388 e. The molecule has 0 saturated carbocycles. The van der Waals surface area contributed by atoms with Crippen LogP contribution in [0.1, 0.15) is 5.56 Å². The molecule has 4 heteroatoms. The fourth-order valence-electron chi connectivity index (χ4n) is 1.94. The van der Waals surface area contributed by atoms with E-state index in [4.69, 9.17) is 14.2 Å². The van der Waals surface area contributed by atoms with E-state index in [1.54, 1.807) is 0 Å². The van der Waals surface area contributed by atoms with Gasteiger partial charge in [-0.3, -0.25) is 0 Å². The van der Waals surface area contributed by atoms with Crippen molar-refractivity contribution in [2.45, 2.75) is 31.2 Å². The topological polar surface area (TPSA) is 51.2 Å². The van der Waals surface area contributed by atoms with Gasteiger partial charge < -0.3 is 19.3 Å². The first-order valence-corrected chi connectivity index (χ1v) is 5.45. The lowest BCUT2D eigenvalue weighted by molar-refractivity contribution is -0.182. The van der Waals surface area contributed by atoms with Gasteiger partial charge in [-0.05, 0) is 5.56 Å². The fourth-order valence-corrected chi connectivity index (χ4v) is 1.94. The third-order valence-electron chi connectivity index (χ3n) is 2.90. The van der Waals surface area contributed by atoms with E-state index in [2.05, 4.69) is 0 Å². The number of hydrogen-bond acceptors (Lipinski definition) is 4. The molecule has 0 aliphatic carbocycles. The molecule has 2 aliphatic heterocycles. The molecule has 1 N–H and O–H groups in total. The van der Waals surface area contributed by atoms with Gasteiger partial charge in [0.15, 0.2) is 6.29 Å². The standard InChI is InChI=1S/C12H14O4/c13-9-7-15-12(11-10(9)16-11)14-6-8-4-2-1-3-5-8/h1-5,9-13H,6-7H2/t9-,10-,11-,12+/m1/s1. The summed E-state index contributed by atoms with van der Waals surface area (Å²) in [6.07, 6.45) is -1.02. The summed E-state index contributed by atoms with van der Waals surface area (Å²) >= 11 is 0. The van der Waals surface area contributed by atoms with E-state index < -0.39 is 6.10 Å². The molecule has 1 aromatic rings. The summed E-state index contributed by atoms with van der Waals surface area (Å²) in [7, 11) is 0. The highest BCUT2D eigenvalue weighted by molar-refractivity contribution is 5.13. The molecule has 4 nitrogen and oxygen atoms in total. The maximum atomic E-state index is 9.42. The zero-order valence-electron chi connectivity index (χ0n) is 8.78. The quantitative estimate of drug-likeness (QED) is 0.764. The van der Waals surface area contributed by atoms with Crippen LogP contribution in [-0.4, -0.2) is 36.3 Å². The van der Waals surface area contributed by atoms with Gasteiger partial charge in [-0.1, -0.05) is 30.3 Å². The predicted molar refractivity (Wildman–Crippen MR) is 55.6 cm³/mol. The summed E-state index contributed by atoms with van der Waals surface area (Å²) in [5, 5.41) is 9.42. The van der Waals surface area contributed by atoms with Crippen LogP contribution in [0, 0.1) is 0 Å². The summed E-state index contributed by atoms with van der Waals surface area (Å²) in [5.41, 5.74) is 1.11. The van der Waals surface area contributed by atoms with Crippen molar-refractivity contribution >= 4 is 0 Å². The molecule has 1 aromatic carbocycles. The molecule has 86 valence electrons. The molecule has 0 radical (unpaired) electrons. The van der Waals surface area contributed by atoms with Crippen molar-refractivity contribution < 1.29 is 19.3 Å². The van der Waals surface area contributed by atoms with Gasteiger partial charge in [0.05, 0.1) is 13.2 Å². The Kier molecular flexibility index (Phi) is 2.65. The van der Waals surface area contributed by atoms with E-state index in [1.165, 1.54) is 0 Å². The fraction of sp³-hybridized carbons (Fsp3) is 0.500. The van der Waals surface area contributed by atoms with Crippen molar-refractivity contribution in [3.63, 3.8) is 0 Å². The molecular weight excluding hydrogens is 208 g/mol. The van der Waals surface area contributed by atoms with E-state index in [1.807, 2.05) is 30.3 Å². The molecule has 2 heterocycles. The van der Waals surface area contributed by atoms with Crippen LogP contribution >= 0.6 is 0 Å². The van der Waals surface area contributed by atoms with Gasteiger partial charge in [0.25, 0.3) is 0 Å². The van der Waals surface area contributed by atoms with Gasteiger partial charge in [0.2, 0.25) is 0 Å². The summed E-state index contributed by atoms with van der Waals surface area (Å²) in [6, 6.07) is 9.92. The van der Waals surface area contributed by atoms with Crippen molar-refractivity contribution in [1.82, 2.24) is 0 Å². The van der Waals surface area contributed by atoms with Crippen LogP contribution in [0.25, 0.3) is 0 Å². The number of aliphatic hydroxyl groups excluding tert-OH is 1. The molecule has 2 saturated heterocycles. The second kappa shape index (κ2) is 4.14. The number of rotatable bonds is 3. The Labute approximate surface area is 93.7 Å². The first-order valence-electron chi connectivity index (χ1n) is 5.45. The number of fused-ring (bicyclic) bond motifs is 1. The lowest BCUT2D eigenvalue weighted by Gasteiger charge is -2.22. The Morgan fingerprint density at radius 2 is 2.06 bits per heavy atom. The normalized spacial score (nSPS) is 36.8. The highest BCUT2D eigenvalue weighted by Crippen LogP contribution is 2.35. The molecule has 0 bridgehead atoms. The number of benzene rings is 1. The first kappa shape index (κ1) is 10.2. The minimum atomic E-state index is -0.499. The Morgan fingerprint density at radius 1 is 1.25 bits per heavy atom. The van der Waals surface area contributed by atoms with Crippen molar-refractivity contribution in [3.05, 3.63) is 35.9 Å². The molecular formula is C12H14O4. The lowest BCUT2D eigenvalue weighted by Crippen LogP contribution is -2.38. The number of epoxide rings is 1. The Morgan fingerprint density at radius 3 is 2.88 bits per heavy atom. The molecule has 0 spiro atoms. The van der Waals surface area contributed by atoms with Crippen LogP contribution in [-0.2, 0) is 20.8 Å². The zero-order valence-corrected chi connectivity index (χ0v) is 8.78. The highest BCUT2D eigenvalue weighted by Gasteiger charge is 2.54. The van der Waals surface area contributed by atoms with E-state index in [0.717, 1.165) is 5.56 Å². The summed E-state index contributed by atoms with van der Waals surface area (Å²) in [6.45, 7) is 0.800. The zero-order chi connectivity index (χ0) is 11.0. The van der Waals surface area contributed by atoms with Gasteiger partial charge in [-0.25, -0.2) is 0 Å². The molecule has 4 atom stereocenters. The average molecular weight is 222 g/mol. The maximum Gasteiger partial charge on any atom is 0.186 e.